The van der Waals surface area contributed by atoms with Crippen LogP contribution in [0.3, 0.4) is 0 Å². The van der Waals surface area contributed by atoms with Gasteiger partial charge >= 0.3 is 0 Å². The number of thiophene rings is 1. The summed E-state index contributed by atoms with van der Waals surface area (Å²) in [5, 5.41) is 14.2. The lowest BCUT2D eigenvalue weighted by atomic mass is 10.0. The molecule has 0 spiro atoms. The molecule has 2 aromatic rings. The van der Waals surface area contributed by atoms with Gasteiger partial charge in [0.2, 0.25) is 0 Å². The fourth-order valence-corrected chi connectivity index (χ4v) is 3.03. The predicted molar refractivity (Wildman–Crippen MR) is 83.8 cm³/mol. The SMILES string of the molecule is CC(C)C(NCc1cn(C(C)(C)C)nn1)c1cccs1. The van der Waals surface area contributed by atoms with Gasteiger partial charge in [0.15, 0.2) is 0 Å². The number of nitrogens with zero attached hydrogens (tertiary/aromatic N) is 3. The molecule has 0 amide bonds. The van der Waals surface area contributed by atoms with Crippen LogP contribution in [-0.2, 0) is 12.1 Å². The van der Waals surface area contributed by atoms with Crippen molar-refractivity contribution in [2.24, 2.45) is 5.92 Å². The van der Waals surface area contributed by atoms with Crippen molar-refractivity contribution in [1.29, 1.82) is 0 Å². The summed E-state index contributed by atoms with van der Waals surface area (Å²) in [5.74, 6) is 0.548. The Morgan fingerprint density at radius 2 is 2.10 bits per heavy atom. The van der Waals surface area contributed by atoms with E-state index in [2.05, 4.69) is 67.8 Å². The van der Waals surface area contributed by atoms with Gasteiger partial charge < -0.3 is 5.32 Å². The van der Waals surface area contributed by atoms with Crippen LogP contribution >= 0.6 is 11.3 Å². The van der Waals surface area contributed by atoms with Crippen LogP contribution in [-0.4, -0.2) is 15.0 Å². The van der Waals surface area contributed by atoms with Crippen molar-refractivity contribution in [3.63, 3.8) is 0 Å². The van der Waals surface area contributed by atoms with E-state index in [0.29, 0.717) is 12.0 Å². The molecule has 0 aliphatic carbocycles. The summed E-state index contributed by atoms with van der Waals surface area (Å²) in [6.07, 6.45) is 2.03. The zero-order chi connectivity index (χ0) is 14.8. The molecule has 110 valence electrons. The number of aromatic nitrogens is 3. The molecule has 0 aromatic carbocycles. The molecule has 2 rings (SSSR count). The van der Waals surface area contributed by atoms with Gasteiger partial charge in [0.1, 0.15) is 0 Å². The summed E-state index contributed by atoms with van der Waals surface area (Å²) in [7, 11) is 0. The van der Waals surface area contributed by atoms with E-state index in [0.717, 1.165) is 12.2 Å². The van der Waals surface area contributed by atoms with E-state index in [4.69, 9.17) is 0 Å². The van der Waals surface area contributed by atoms with Gasteiger partial charge in [-0.15, -0.1) is 16.4 Å². The van der Waals surface area contributed by atoms with Crippen molar-refractivity contribution < 1.29 is 0 Å². The smallest absolute Gasteiger partial charge is 0.0965 e. The zero-order valence-corrected chi connectivity index (χ0v) is 13.7. The third-order valence-electron chi connectivity index (χ3n) is 3.25. The molecule has 0 saturated heterocycles. The van der Waals surface area contributed by atoms with Gasteiger partial charge in [-0.2, -0.15) is 0 Å². The van der Waals surface area contributed by atoms with E-state index in [1.54, 1.807) is 11.3 Å². The standard InChI is InChI=1S/C15H24N4S/c1-11(2)14(13-7-6-8-20-13)16-9-12-10-19(18-17-12)15(3,4)5/h6-8,10-11,14,16H,9H2,1-5H3. The number of hydrogen-bond donors (Lipinski definition) is 1. The van der Waals surface area contributed by atoms with Crippen LogP contribution in [0.15, 0.2) is 23.7 Å². The molecule has 1 atom stereocenters. The van der Waals surface area contributed by atoms with E-state index in [-0.39, 0.29) is 5.54 Å². The Morgan fingerprint density at radius 1 is 1.35 bits per heavy atom. The molecule has 0 bridgehead atoms. The molecule has 0 aliphatic heterocycles. The van der Waals surface area contributed by atoms with Crippen molar-refractivity contribution in [2.75, 3.05) is 0 Å². The largest absolute Gasteiger partial charge is 0.303 e. The first-order valence-electron chi connectivity index (χ1n) is 7.06. The Kier molecular flexibility index (Phi) is 4.60. The molecule has 4 nitrogen and oxygen atoms in total. The van der Waals surface area contributed by atoms with Crippen molar-refractivity contribution in [2.45, 2.75) is 52.7 Å². The zero-order valence-electron chi connectivity index (χ0n) is 12.9. The summed E-state index contributed by atoms with van der Waals surface area (Å²) >= 11 is 1.80. The summed E-state index contributed by atoms with van der Waals surface area (Å²) in [6, 6.07) is 4.66. The van der Waals surface area contributed by atoms with Crippen LogP contribution in [0.5, 0.6) is 0 Å². The lowest BCUT2D eigenvalue weighted by Crippen LogP contribution is -2.25. The van der Waals surface area contributed by atoms with Crippen LogP contribution in [0, 0.1) is 5.92 Å². The van der Waals surface area contributed by atoms with Crippen molar-refractivity contribution >= 4 is 11.3 Å². The molecular formula is C15H24N4S. The predicted octanol–water partition coefficient (Wildman–Crippen LogP) is 3.58. The second-order valence-electron chi connectivity index (χ2n) is 6.44. The minimum absolute atomic E-state index is 0.0174. The molecule has 2 aromatic heterocycles. The maximum Gasteiger partial charge on any atom is 0.0965 e. The highest BCUT2D eigenvalue weighted by Gasteiger charge is 2.18. The normalized spacial score (nSPS) is 13.9. The number of nitrogens with one attached hydrogen (secondary N) is 1. The van der Waals surface area contributed by atoms with Gasteiger partial charge in [0.05, 0.1) is 17.4 Å². The molecule has 0 saturated carbocycles. The molecule has 0 aliphatic rings. The second kappa shape index (κ2) is 6.06. The highest BCUT2D eigenvalue weighted by molar-refractivity contribution is 7.10. The molecule has 5 heteroatoms. The average molecular weight is 292 g/mol. The van der Waals surface area contributed by atoms with E-state index < -0.39 is 0 Å². The number of rotatable bonds is 5. The molecule has 1 N–H and O–H groups in total. The van der Waals surface area contributed by atoms with Crippen LogP contribution in [0.1, 0.15) is 51.2 Å². The Morgan fingerprint density at radius 3 is 2.60 bits per heavy atom. The Balaban J connectivity index is 2.01. The van der Waals surface area contributed by atoms with E-state index in [1.807, 2.05) is 10.9 Å². The maximum atomic E-state index is 4.25. The summed E-state index contributed by atoms with van der Waals surface area (Å²) in [4.78, 5) is 1.38. The van der Waals surface area contributed by atoms with Gasteiger partial charge in [-0.3, -0.25) is 0 Å². The lowest BCUT2D eigenvalue weighted by Gasteiger charge is -2.20. The molecule has 2 heterocycles. The molecule has 1 unspecified atom stereocenters. The van der Waals surface area contributed by atoms with Crippen molar-refractivity contribution in [3.05, 3.63) is 34.3 Å². The third-order valence-corrected chi connectivity index (χ3v) is 4.20. The van der Waals surface area contributed by atoms with Crippen LogP contribution < -0.4 is 5.32 Å². The third kappa shape index (κ3) is 3.67. The van der Waals surface area contributed by atoms with E-state index in [1.165, 1.54) is 4.88 Å². The topological polar surface area (TPSA) is 42.7 Å². The summed E-state index contributed by atoms with van der Waals surface area (Å²) in [6.45, 7) is 11.6. The first-order chi connectivity index (χ1) is 9.38. The molecule has 20 heavy (non-hydrogen) atoms. The molecular weight excluding hydrogens is 268 g/mol. The van der Waals surface area contributed by atoms with Crippen molar-refractivity contribution in [1.82, 2.24) is 20.3 Å². The lowest BCUT2D eigenvalue weighted by molar-refractivity contribution is 0.346. The van der Waals surface area contributed by atoms with Gasteiger partial charge in [0, 0.05) is 17.5 Å². The Labute approximate surface area is 125 Å². The van der Waals surface area contributed by atoms with Crippen molar-refractivity contribution in [3.8, 4) is 0 Å². The van der Waals surface area contributed by atoms with Gasteiger partial charge in [-0.05, 0) is 38.1 Å². The summed E-state index contributed by atoms with van der Waals surface area (Å²) < 4.78 is 1.92. The minimum Gasteiger partial charge on any atom is -0.303 e. The Hall–Kier alpha value is -1.20. The van der Waals surface area contributed by atoms with Crippen LogP contribution in [0.4, 0.5) is 0 Å². The van der Waals surface area contributed by atoms with E-state index >= 15 is 0 Å². The van der Waals surface area contributed by atoms with Crippen LogP contribution in [0.25, 0.3) is 0 Å². The van der Waals surface area contributed by atoms with Gasteiger partial charge in [-0.1, -0.05) is 25.1 Å². The van der Waals surface area contributed by atoms with E-state index in [9.17, 15) is 0 Å². The monoisotopic (exact) mass is 292 g/mol. The van der Waals surface area contributed by atoms with Gasteiger partial charge in [-0.25, -0.2) is 4.68 Å². The summed E-state index contributed by atoms with van der Waals surface area (Å²) in [5.41, 5.74) is 0.971. The highest BCUT2D eigenvalue weighted by Crippen LogP contribution is 2.26. The first-order valence-corrected chi connectivity index (χ1v) is 7.94. The minimum atomic E-state index is -0.0174. The molecule has 0 radical (unpaired) electrons. The maximum absolute atomic E-state index is 4.25. The average Bonchev–Trinajstić information content (AvgIpc) is 2.97. The fraction of sp³-hybridized carbons (Fsp3) is 0.600. The Bertz CT molecular complexity index is 522. The first kappa shape index (κ1) is 15.2. The van der Waals surface area contributed by atoms with Crippen LogP contribution in [0.2, 0.25) is 0 Å². The number of hydrogen-bond acceptors (Lipinski definition) is 4. The fourth-order valence-electron chi connectivity index (χ4n) is 2.05. The second-order valence-corrected chi connectivity index (χ2v) is 7.42. The molecule has 0 fully saturated rings. The highest BCUT2D eigenvalue weighted by atomic mass is 32.1. The van der Waals surface area contributed by atoms with Gasteiger partial charge in [0.25, 0.3) is 0 Å². The quantitative estimate of drug-likeness (QED) is 0.916.